The average Bonchev–Trinajstić information content (AvgIpc) is 2.29. The number of rotatable bonds is 4. The lowest BCUT2D eigenvalue weighted by Crippen LogP contribution is -2.47. The molecule has 0 saturated heterocycles. The molecule has 0 aromatic heterocycles. The first-order valence-electron chi connectivity index (χ1n) is 6.76. The summed E-state index contributed by atoms with van der Waals surface area (Å²) >= 11 is 0. The molecule has 1 rings (SSSR count). The van der Waals surface area contributed by atoms with E-state index in [2.05, 4.69) is 0 Å². The standard InChI is InChI=1S/C14H17F3O6/c1-7(18)21-11-4-10(6-14(15,16)17)5-12(22-8(2)19)13(11)23-9(3)20/h4,11-13H,5-6H2,1-3H3/t11-,12-,13-/m1/s1. The third-order valence-electron chi connectivity index (χ3n) is 2.90. The summed E-state index contributed by atoms with van der Waals surface area (Å²) in [4.78, 5) is 33.5. The van der Waals surface area contributed by atoms with Gasteiger partial charge in [0.25, 0.3) is 0 Å². The molecule has 0 heterocycles. The van der Waals surface area contributed by atoms with E-state index in [0.29, 0.717) is 0 Å². The molecule has 0 aliphatic heterocycles. The predicted molar refractivity (Wildman–Crippen MR) is 70.0 cm³/mol. The molecule has 0 amide bonds. The lowest BCUT2D eigenvalue weighted by molar-refractivity contribution is -0.181. The van der Waals surface area contributed by atoms with Crippen molar-refractivity contribution < 1.29 is 41.8 Å². The summed E-state index contributed by atoms with van der Waals surface area (Å²) in [6, 6.07) is 0. The fraction of sp³-hybridized carbons (Fsp3) is 0.643. The molecule has 0 aromatic carbocycles. The highest BCUT2D eigenvalue weighted by Crippen LogP contribution is 2.33. The zero-order valence-corrected chi connectivity index (χ0v) is 12.8. The number of carbonyl (C=O) groups is 3. The highest BCUT2D eigenvalue weighted by Gasteiger charge is 2.42. The van der Waals surface area contributed by atoms with Crippen LogP contribution in [0.3, 0.4) is 0 Å². The Balaban J connectivity index is 3.12. The molecule has 0 fully saturated rings. The summed E-state index contributed by atoms with van der Waals surface area (Å²) in [7, 11) is 0. The van der Waals surface area contributed by atoms with Crippen molar-refractivity contribution in [3.63, 3.8) is 0 Å². The summed E-state index contributed by atoms with van der Waals surface area (Å²) in [5.41, 5.74) is -0.113. The molecule has 0 unspecified atom stereocenters. The summed E-state index contributed by atoms with van der Waals surface area (Å²) < 4.78 is 52.6. The second kappa shape index (κ2) is 7.47. The van der Waals surface area contributed by atoms with Crippen LogP contribution < -0.4 is 0 Å². The van der Waals surface area contributed by atoms with Crippen LogP contribution in [0.1, 0.15) is 33.6 Å². The van der Waals surface area contributed by atoms with Crippen LogP contribution in [-0.2, 0) is 28.6 Å². The third kappa shape index (κ3) is 6.70. The maximum Gasteiger partial charge on any atom is 0.392 e. The van der Waals surface area contributed by atoms with Crippen LogP contribution in [0.15, 0.2) is 11.6 Å². The van der Waals surface area contributed by atoms with Crippen molar-refractivity contribution in [1.82, 2.24) is 0 Å². The Bertz CT molecular complexity index is 511. The number of ether oxygens (including phenoxy) is 3. The molecular weight excluding hydrogens is 321 g/mol. The van der Waals surface area contributed by atoms with E-state index >= 15 is 0 Å². The molecule has 0 aromatic rings. The number of hydrogen-bond donors (Lipinski definition) is 0. The van der Waals surface area contributed by atoms with Crippen LogP contribution in [0.5, 0.6) is 0 Å². The summed E-state index contributed by atoms with van der Waals surface area (Å²) in [6.45, 7) is 3.23. The van der Waals surface area contributed by atoms with Gasteiger partial charge in [-0.05, 0) is 6.08 Å². The van der Waals surface area contributed by atoms with Gasteiger partial charge in [-0.25, -0.2) is 0 Å². The molecular formula is C14H17F3O6. The van der Waals surface area contributed by atoms with E-state index < -0.39 is 48.8 Å². The minimum atomic E-state index is -4.47. The average molecular weight is 338 g/mol. The van der Waals surface area contributed by atoms with Gasteiger partial charge in [-0.15, -0.1) is 0 Å². The van der Waals surface area contributed by atoms with E-state index in [1.165, 1.54) is 0 Å². The van der Waals surface area contributed by atoms with Crippen LogP contribution in [0.4, 0.5) is 13.2 Å². The lowest BCUT2D eigenvalue weighted by atomic mass is 9.90. The van der Waals surface area contributed by atoms with Gasteiger partial charge >= 0.3 is 24.1 Å². The van der Waals surface area contributed by atoms with Crippen molar-refractivity contribution in [2.75, 3.05) is 0 Å². The molecule has 1 aliphatic carbocycles. The predicted octanol–water partition coefficient (Wildman–Crippen LogP) is 2.06. The summed E-state index contributed by atoms with van der Waals surface area (Å²) in [5, 5.41) is 0. The first-order valence-corrected chi connectivity index (χ1v) is 6.76. The van der Waals surface area contributed by atoms with Crippen LogP contribution in [0.25, 0.3) is 0 Å². The fourth-order valence-electron chi connectivity index (χ4n) is 2.32. The molecule has 6 nitrogen and oxygen atoms in total. The Labute approximate surface area is 130 Å². The molecule has 9 heteroatoms. The van der Waals surface area contributed by atoms with E-state index in [4.69, 9.17) is 14.2 Å². The molecule has 1 aliphatic rings. The maximum absolute atomic E-state index is 12.6. The molecule has 0 saturated carbocycles. The van der Waals surface area contributed by atoms with E-state index in [1.807, 2.05) is 0 Å². The van der Waals surface area contributed by atoms with Gasteiger partial charge in [-0.2, -0.15) is 13.2 Å². The Kier molecular flexibility index (Phi) is 6.17. The van der Waals surface area contributed by atoms with Gasteiger partial charge in [0, 0.05) is 27.2 Å². The molecule has 130 valence electrons. The SMILES string of the molecule is CC(=O)O[C@@H]1[C@H](OC(C)=O)C=C(CC(F)(F)F)C[C@H]1OC(C)=O. The van der Waals surface area contributed by atoms with Gasteiger partial charge < -0.3 is 14.2 Å². The Morgan fingerprint density at radius 2 is 1.57 bits per heavy atom. The maximum atomic E-state index is 12.6. The molecule has 23 heavy (non-hydrogen) atoms. The Hall–Kier alpha value is -2.06. The molecule has 0 radical (unpaired) electrons. The molecule has 0 spiro atoms. The molecule has 0 N–H and O–H groups in total. The van der Waals surface area contributed by atoms with Crippen molar-refractivity contribution in [2.45, 2.75) is 58.1 Å². The smallest absolute Gasteiger partial charge is 0.392 e. The highest BCUT2D eigenvalue weighted by atomic mass is 19.4. The van der Waals surface area contributed by atoms with Gasteiger partial charge in [0.15, 0.2) is 12.2 Å². The monoisotopic (exact) mass is 338 g/mol. The topological polar surface area (TPSA) is 78.9 Å². The van der Waals surface area contributed by atoms with Crippen molar-refractivity contribution in [1.29, 1.82) is 0 Å². The first-order chi connectivity index (χ1) is 10.5. The van der Waals surface area contributed by atoms with E-state index in [1.54, 1.807) is 0 Å². The van der Waals surface area contributed by atoms with E-state index in [0.717, 1.165) is 26.8 Å². The van der Waals surface area contributed by atoms with Gasteiger partial charge in [-0.1, -0.05) is 5.57 Å². The quantitative estimate of drug-likeness (QED) is 0.443. The highest BCUT2D eigenvalue weighted by molar-refractivity contribution is 5.68. The first kappa shape index (κ1) is 19.0. The Morgan fingerprint density at radius 1 is 1.04 bits per heavy atom. The van der Waals surface area contributed by atoms with Crippen molar-refractivity contribution in [3.05, 3.63) is 11.6 Å². The lowest BCUT2D eigenvalue weighted by Gasteiger charge is -2.35. The third-order valence-corrected chi connectivity index (χ3v) is 2.90. The summed E-state index contributed by atoms with van der Waals surface area (Å²) in [6.07, 6.45) is -8.51. The number of alkyl halides is 3. The number of hydrogen-bond acceptors (Lipinski definition) is 6. The normalized spacial score (nSPS) is 24.4. The second-order valence-electron chi connectivity index (χ2n) is 5.12. The van der Waals surface area contributed by atoms with Gasteiger partial charge in [0.2, 0.25) is 0 Å². The fourth-order valence-corrected chi connectivity index (χ4v) is 2.32. The van der Waals surface area contributed by atoms with Crippen LogP contribution in [-0.4, -0.2) is 42.4 Å². The van der Waals surface area contributed by atoms with Gasteiger partial charge in [0.05, 0.1) is 6.42 Å². The largest absolute Gasteiger partial charge is 0.458 e. The number of esters is 3. The van der Waals surface area contributed by atoms with Gasteiger partial charge in [-0.3, -0.25) is 14.4 Å². The van der Waals surface area contributed by atoms with Crippen LogP contribution in [0.2, 0.25) is 0 Å². The minimum absolute atomic E-state index is 0.113. The number of carbonyl (C=O) groups excluding carboxylic acids is 3. The zero-order chi connectivity index (χ0) is 17.8. The van der Waals surface area contributed by atoms with Crippen molar-refractivity contribution in [2.24, 2.45) is 0 Å². The van der Waals surface area contributed by atoms with E-state index in [9.17, 15) is 27.6 Å². The Morgan fingerprint density at radius 3 is 2.00 bits per heavy atom. The zero-order valence-electron chi connectivity index (χ0n) is 12.8. The second-order valence-corrected chi connectivity index (χ2v) is 5.12. The van der Waals surface area contributed by atoms with Crippen molar-refractivity contribution in [3.8, 4) is 0 Å². The van der Waals surface area contributed by atoms with E-state index in [-0.39, 0.29) is 12.0 Å². The minimum Gasteiger partial charge on any atom is -0.458 e. The van der Waals surface area contributed by atoms with Crippen LogP contribution in [0, 0.1) is 0 Å². The van der Waals surface area contributed by atoms with Gasteiger partial charge in [0.1, 0.15) is 6.10 Å². The molecule has 3 atom stereocenters. The summed E-state index contributed by atoms with van der Waals surface area (Å²) in [5.74, 6) is -2.25. The molecule has 0 bridgehead atoms. The number of halogens is 3. The van der Waals surface area contributed by atoms with Crippen LogP contribution >= 0.6 is 0 Å². The van der Waals surface area contributed by atoms with Crippen molar-refractivity contribution >= 4 is 17.9 Å².